The SMILES string of the molecule is Cc1ccc(NC(=O)c2cc([N+](=O)[O-])ccc2N(C)C)cc1Br. The number of nitro benzene ring substituents is 1. The number of amides is 1. The Labute approximate surface area is 142 Å². The molecule has 0 spiro atoms. The lowest BCUT2D eigenvalue weighted by molar-refractivity contribution is -0.384. The van der Waals surface area contributed by atoms with Crippen molar-refractivity contribution in [1.82, 2.24) is 0 Å². The second-order valence-electron chi connectivity index (χ2n) is 5.27. The molecule has 0 saturated carbocycles. The molecule has 0 saturated heterocycles. The number of benzene rings is 2. The molecule has 0 radical (unpaired) electrons. The van der Waals surface area contributed by atoms with Crippen molar-refractivity contribution in [2.45, 2.75) is 6.92 Å². The number of carbonyl (C=O) groups excluding carboxylic acids is 1. The number of nitrogens with zero attached hydrogens (tertiary/aromatic N) is 2. The number of anilines is 2. The Balaban J connectivity index is 2.38. The first-order valence-electron chi connectivity index (χ1n) is 6.83. The molecule has 6 nitrogen and oxygen atoms in total. The van der Waals surface area contributed by atoms with Gasteiger partial charge in [0.1, 0.15) is 0 Å². The van der Waals surface area contributed by atoms with E-state index in [4.69, 9.17) is 0 Å². The van der Waals surface area contributed by atoms with Crippen LogP contribution in [0.3, 0.4) is 0 Å². The van der Waals surface area contributed by atoms with E-state index in [0.717, 1.165) is 10.0 Å². The van der Waals surface area contributed by atoms with Crippen LogP contribution in [0.15, 0.2) is 40.9 Å². The van der Waals surface area contributed by atoms with Crippen LogP contribution in [0.25, 0.3) is 0 Å². The molecule has 1 N–H and O–H groups in total. The summed E-state index contributed by atoms with van der Waals surface area (Å²) in [5, 5.41) is 13.7. The molecule has 7 heteroatoms. The quantitative estimate of drug-likeness (QED) is 0.645. The highest BCUT2D eigenvalue weighted by molar-refractivity contribution is 9.10. The van der Waals surface area contributed by atoms with Crippen LogP contribution in [0.5, 0.6) is 0 Å². The van der Waals surface area contributed by atoms with Gasteiger partial charge in [-0.05, 0) is 30.7 Å². The highest BCUT2D eigenvalue weighted by Crippen LogP contribution is 2.26. The van der Waals surface area contributed by atoms with Gasteiger partial charge in [-0.2, -0.15) is 0 Å². The molecule has 120 valence electrons. The molecule has 1 amide bonds. The third kappa shape index (κ3) is 3.87. The maximum Gasteiger partial charge on any atom is 0.270 e. The molecule has 0 aromatic heterocycles. The fraction of sp³-hybridized carbons (Fsp3) is 0.188. The maximum atomic E-state index is 12.5. The summed E-state index contributed by atoms with van der Waals surface area (Å²) in [6, 6.07) is 9.69. The number of hydrogen-bond acceptors (Lipinski definition) is 4. The van der Waals surface area contributed by atoms with Crippen molar-refractivity contribution < 1.29 is 9.72 Å². The highest BCUT2D eigenvalue weighted by atomic mass is 79.9. The third-order valence-corrected chi connectivity index (χ3v) is 4.20. The number of rotatable bonds is 4. The predicted octanol–water partition coefficient (Wildman–Crippen LogP) is 3.98. The summed E-state index contributed by atoms with van der Waals surface area (Å²) in [7, 11) is 3.56. The Morgan fingerprint density at radius 3 is 2.48 bits per heavy atom. The van der Waals surface area contributed by atoms with Crippen LogP contribution < -0.4 is 10.2 Å². The molecule has 0 aliphatic carbocycles. The zero-order valence-electron chi connectivity index (χ0n) is 13.0. The van der Waals surface area contributed by atoms with E-state index in [0.29, 0.717) is 11.4 Å². The first kappa shape index (κ1) is 17.0. The second-order valence-corrected chi connectivity index (χ2v) is 6.13. The molecule has 2 aromatic carbocycles. The van der Waals surface area contributed by atoms with E-state index in [-0.39, 0.29) is 11.3 Å². The second kappa shape index (κ2) is 6.78. The van der Waals surface area contributed by atoms with Gasteiger partial charge >= 0.3 is 0 Å². The van der Waals surface area contributed by atoms with Gasteiger partial charge < -0.3 is 10.2 Å². The summed E-state index contributed by atoms with van der Waals surface area (Å²) >= 11 is 3.41. The first-order chi connectivity index (χ1) is 10.8. The molecule has 0 heterocycles. The fourth-order valence-corrected chi connectivity index (χ4v) is 2.46. The Kier molecular flexibility index (Phi) is 5.00. The number of nitro groups is 1. The normalized spacial score (nSPS) is 10.3. The number of carbonyl (C=O) groups is 1. The van der Waals surface area contributed by atoms with Gasteiger partial charge in [0.15, 0.2) is 0 Å². The third-order valence-electron chi connectivity index (χ3n) is 3.35. The molecule has 2 rings (SSSR count). The van der Waals surface area contributed by atoms with Crippen LogP contribution in [-0.4, -0.2) is 24.9 Å². The molecule has 0 atom stereocenters. The van der Waals surface area contributed by atoms with Crippen molar-refractivity contribution in [3.63, 3.8) is 0 Å². The summed E-state index contributed by atoms with van der Waals surface area (Å²) in [4.78, 5) is 24.7. The van der Waals surface area contributed by atoms with Crippen molar-refractivity contribution in [2.75, 3.05) is 24.3 Å². The van der Waals surface area contributed by atoms with Crippen LogP contribution in [0.1, 0.15) is 15.9 Å². The van der Waals surface area contributed by atoms with Gasteiger partial charge in [-0.15, -0.1) is 0 Å². The summed E-state index contributed by atoms with van der Waals surface area (Å²) in [5.41, 5.74) is 2.40. The number of non-ortho nitro benzene ring substituents is 1. The monoisotopic (exact) mass is 377 g/mol. The summed E-state index contributed by atoms with van der Waals surface area (Å²) in [6.07, 6.45) is 0. The van der Waals surface area contributed by atoms with E-state index >= 15 is 0 Å². The fourth-order valence-electron chi connectivity index (χ4n) is 2.08. The standard InChI is InChI=1S/C16H16BrN3O3/c1-10-4-5-11(8-14(10)17)18-16(21)13-9-12(20(22)23)6-7-15(13)19(2)3/h4-9H,1-3H3,(H,18,21). The van der Waals surface area contributed by atoms with Crippen molar-refractivity contribution in [1.29, 1.82) is 0 Å². The number of halogens is 1. The minimum atomic E-state index is -0.515. The van der Waals surface area contributed by atoms with Crippen LogP contribution >= 0.6 is 15.9 Å². The van der Waals surface area contributed by atoms with Crippen LogP contribution in [0, 0.1) is 17.0 Å². The topological polar surface area (TPSA) is 75.5 Å². The van der Waals surface area contributed by atoms with Crippen LogP contribution in [-0.2, 0) is 0 Å². The molecule has 0 bridgehead atoms. The minimum Gasteiger partial charge on any atom is -0.377 e. The lowest BCUT2D eigenvalue weighted by Crippen LogP contribution is -2.18. The molecule has 2 aromatic rings. The molecular formula is C16H16BrN3O3. The van der Waals surface area contributed by atoms with E-state index in [1.54, 1.807) is 37.2 Å². The van der Waals surface area contributed by atoms with Gasteiger partial charge in [-0.25, -0.2) is 0 Å². The van der Waals surface area contributed by atoms with Gasteiger partial charge in [0.05, 0.1) is 10.5 Å². The Hall–Kier alpha value is -2.41. The molecule has 0 fully saturated rings. The molecule has 0 unspecified atom stereocenters. The number of nitrogens with one attached hydrogen (secondary N) is 1. The Morgan fingerprint density at radius 2 is 1.91 bits per heavy atom. The summed E-state index contributed by atoms with van der Waals surface area (Å²) in [5.74, 6) is -0.395. The molecule has 23 heavy (non-hydrogen) atoms. The smallest absolute Gasteiger partial charge is 0.270 e. The van der Waals surface area contributed by atoms with Crippen molar-refractivity contribution >= 4 is 38.9 Å². The van der Waals surface area contributed by atoms with Gasteiger partial charge in [0, 0.05) is 42.1 Å². The number of aryl methyl sites for hydroxylation is 1. The van der Waals surface area contributed by atoms with Crippen molar-refractivity contribution in [3.05, 3.63) is 62.1 Å². The van der Waals surface area contributed by atoms with E-state index in [9.17, 15) is 14.9 Å². The van der Waals surface area contributed by atoms with Gasteiger partial charge in [-0.3, -0.25) is 14.9 Å². The predicted molar refractivity (Wildman–Crippen MR) is 94.3 cm³/mol. The van der Waals surface area contributed by atoms with Crippen molar-refractivity contribution in [2.24, 2.45) is 0 Å². The molecular weight excluding hydrogens is 362 g/mol. The lowest BCUT2D eigenvalue weighted by atomic mass is 10.1. The Bertz CT molecular complexity index is 775. The van der Waals surface area contributed by atoms with Gasteiger partial charge in [0.25, 0.3) is 11.6 Å². The van der Waals surface area contributed by atoms with E-state index in [1.165, 1.54) is 12.1 Å². The van der Waals surface area contributed by atoms with E-state index < -0.39 is 10.8 Å². The van der Waals surface area contributed by atoms with Crippen LogP contribution in [0.4, 0.5) is 17.1 Å². The van der Waals surface area contributed by atoms with Gasteiger partial charge in [-0.1, -0.05) is 22.0 Å². The Morgan fingerprint density at radius 1 is 1.22 bits per heavy atom. The zero-order chi connectivity index (χ0) is 17.1. The highest BCUT2D eigenvalue weighted by Gasteiger charge is 2.18. The average molecular weight is 378 g/mol. The van der Waals surface area contributed by atoms with Gasteiger partial charge in [0.2, 0.25) is 0 Å². The van der Waals surface area contributed by atoms with Crippen LogP contribution in [0.2, 0.25) is 0 Å². The van der Waals surface area contributed by atoms with E-state index in [1.807, 2.05) is 13.0 Å². The molecule has 0 aliphatic heterocycles. The summed E-state index contributed by atoms with van der Waals surface area (Å²) < 4.78 is 0.877. The zero-order valence-corrected chi connectivity index (χ0v) is 14.5. The lowest BCUT2D eigenvalue weighted by Gasteiger charge is -2.17. The first-order valence-corrected chi connectivity index (χ1v) is 7.62. The summed E-state index contributed by atoms with van der Waals surface area (Å²) in [6.45, 7) is 1.94. The van der Waals surface area contributed by atoms with E-state index in [2.05, 4.69) is 21.2 Å². The van der Waals surface area contributed by atoms with Crippen molar-refractivity contribution in [3.8, 4) is 0 Å². The largest absolute Gasteiger partial charge is 0.377 e. The maximum absolute atomic E-state index is 12.5. The number of hydrogen-bond donors (Lipinski definition) is 1. The average Bonchev–Trinajstić information content (AvgIpc) is 2.50. The minimum absolute atomic E-state index is 0.120. The molecule has 0 aliphatic rings.